The van der Waals surface area contributed by atoms with Crippen LogP contribution in [0.3, 0.4) is 0 Å². The first-order chi connectivity index (χ1) is 8.89. The third kappa shape index (κ3) is 3.34. The zero-order valence-corrected chi connectivity index (χ0v) is 12.7. The number of pyridine rings is 1. The molecule has 2 atom stereocenters. The molecule has 2 heterocycles. The molecule has 0 bridgehead atoms. The number of rotatable bonds is 1. The summed E-state index contributed by atoms with van der Waals surface area (Å²) in [5, 5.41) is 0. The second-order valence-electron chi connectivity index (χ2n) is 6.70. The van der Waals surface area contributed by atoms with Crippen molar-refractivity contribution in [3.05, 3.63) is 29.6 Å². The topological polar surface area (TPSA) is 42.1 Å². The Morgan fingerprint density at radius 2 is 2.00 bits per heavy atom. The number of likely N-dealkylation sites (tertiary alicyclic amines) is 1. The summed E-state index contributed by atoms with van der Waals surface area (Å²) in [7, 11) is 0. The highest BCUT2D eigenvalue weighted by Crippen LogP contribution is 2.34. The van der Waals surface area contributed by atoms with Crippen molar-refractivity contribution in [2.24, 2.45) is 5.73 Å². The third-order valence-corrected chi connectivity index (χ3v) is 4.07. The van der Waals surface area contributed by atoms with Crippen LogP contribution in [0, 0.1) is 6.92 Å². The molecule has 1 saturated heterocycles. The van der Waals surface area contributed by atoms with E-state index in [1.54, 1.807) is 0 Å². The second kappa shape index (κ2) is 5.59. The van der Waals surface area contributed by atoms with E-state index < -0.39 is 0 Å². The number of aryl methyl sites for hydroxylation is 1. The predicted molar refractivity (Wildman–Crippen MR) is 80.0 cm³/mol. The van der Waals surface area contributed by atoms with Crippen molar-refractivity contribution in [2.75, 3.05) is 6.54 Å². The highest BCUT2D eigenvalue weighted by molar-refractivity contribution is 5.20. The van der Waals surface area contributed by atoms with Gasteiger partial charge in [0.2, 0.25) is 0 Å². The average Bonchev–Trinajstić information content (AvgIpc) is 2.52. The first-order valence-corrected chi connectivity index (χ1v) is 7.34. The number of aromatic nitrogens is 1. The van der Waals surface area contributed by atoms with Crippen LogP contribution in [0.5, 0.6) is 0 Å². The monoisotopic (exact) mass is 261 g/mol. The predicted octanol–water partition coefficient (Wildman–Crippen LogP) is 3.04. The van der Waals surface area contributed by atoms with Crippen molar-refractivity contribution in [3.63, 3.8) is 0 Å². The van der Waals surface area contributed by atoms with Gasteiger partial charge in [-0.05, 0) is 58.7 Å². The van der Waals surface area contributed by atoms with Gasteiger partial charge in [0.1, 0.15) is 0 Å². The zero-order chi connectivity index (χ0) is 14.0. The molecule has 2 N–H and O–H groups in total. The lowest BCUT2D eigenvalue weighted by Gasteiger charge is -2.43. The average molecular weight is 261 g/mol. The Balaban J connectivity index is 2.36. The summed E-state index contributed by atoms with van der Waals surface area (Å²) in [5.74, 6) is 0. The first-order valence-electron chi connectivity index (χ1n) is 7.34. The van der Waals surface area contributed by atoms with Crippen molar-refractivity contribution < 1.29 is 0 Å². The van der Waals surface area contributed by atoms with E-state index in [4.69, 9.17) is 5.73 Å². The van der Waals surface area contributed by atoms with Gasteiger partial charge in [-0.3, -0.25) is 9.88 Å². The molecule has 1 aromatic rings. The van der Waals surface area contributed by atoms with Crippen LogP contribution >= 0.6 is 0 Å². The number of nitrogens with two attached hydrogens (primary N) is 1. The summed E-state index contributed by atoms with van der Waals surface area (Å²) >= 11 is 0. The Morgan fingerprint density at radius 1 is 1.26 bits per heavy atom. The highest BCUT2D eigenvalue weighted by atomic mass is 15.2. The smallest absolute Gasteiger partial charge is 0.0519 e. The van der Waals surface area contributed by atoms with Crippen LogP contribution in [0.4, 0.5) is 0 Å². The Morgan fingerprint density at radius 3 is 2.58 bits per heavy atom. The van der Waals surface area contributed by atoms with E-state index in [1.165, 1.54) is 18.4 Å². The van der Waals surface area contributed by atoms with Crippen molar-refractivity contribution in [3.8, 4) is 0 Å². The lowest BCUT2D eigenvalue weighted by molar-refractivity contribution is 0.0753. The lowest BCUT2D eigenvalue weighted by Crippen LogP contribution is -2.49. The van der Waals surface area contributed by atoms with E-state index in [-0.39, 0.29) is 17.6 Å². The fourth-order valence-electron chi connectivity index (χ4n) is 3.02. The molecule has 19 heavy (non-hydrogen) atoms. The minimum absolute atomic E-state index is 0.136. The maximum absolute atomic E-state index is 6.47. The van der Waals surface area contributed by atoms with Crippen molar-refractivity contribution in [2.45, 2.75) is 64.6 Å². The normalized spacial score (nSPS) is 26.2. The Kier molecular flexibility index (Phi) is 4.26. The molecule has 3 heteroatoms. The van der Waals surface area contributed by atoms with Gasteiger partial charge in [-0.15, -0.1) is 0 Å². The largest absolute Gasteiger partial charge is 0.326 e. The Labute approximate surface area is 117 Å². The molecule has 1 aromatic heterocycles. The molecule has 0 aromatic carbocycles. The van der Waals surface area contributed by atoms with Gasteiger partial charge in [-0.25, -0.2) is 0 Å². The van der Waals surface area contributed by atoms with Crippen LogP contribution < -0.4 is 5.73 Å². The standard InChI is InChI=1S/C16H27N3/c1-12-8-9-13(11-18-12)15-14(17)7-5-6-10-19(15)16(2,3)4/h8-9,11,14-15H,5-7,10,17H2,1-4H3. The molecule has 1 aliphatic rings. The van der Waals surface area contributed by atoms with Gasteiger partial charge < -0.3 is 5.73 Å². The highest BCUT2D eigenvalue weighted by Gasteiger charge is 2.35. The van der Waals surface area contributed by atoms with Gasteiger partial charge in [0, 0.05) is 23.5 Å². The Hall–Kier alpha value is -0.930. The SMILES string of the molecule is Cc1ccc(C2C(N)CCCCN2C(C)(C)C)cn1. The molecule has 106 valence electrons. The lowest BCUT2D eigenvalue weighted by atomic mass is 9.93. The van der Waals surface area contributed by atoms with Gasteiger partial charge in [-0.2, -0.15) is 0 Å². The van der Waals surface area contributed by atoms with Gasteiger partial charge in [0.15, 0.2) is 0 Å². The second-order valence-corrected chi connectivity index (χ2v) is 6.70. The molecule has 0 saturated carbocycles. The molecule has 0 spiro atoms. The number of nitrogens with zero attached hydrogens (tertiary/aromatic N) is 2. The molecule has 1 fully saturated rings. The van der Waals surface area contributed by atoms with Crippen LogP contribution in [0.15, 0.2) is 18.3 Å². The maximum Gasteiger partial charge on any atom is 0.0519 e. The molecule has 0 aliphatic carbocycles. The van der Waals surface area contributed by atoms with E-state index in [1.807, 2.05) is 13.1 Å². The minimum atomic E-state index is 0.136. The summed E-state index contributed by atoms with van der Waals surface area (Å²) < 4.78 is 0. The van der Waals surface area contributed by atoms with E-state index in [0.717, 1.165) is 18.7 Å². The quantitative estimate of drug-likeness (QED) is 0.845. The van der Waals surface area contributed by atoms with Crippen LogP contribution in [0.25, 0.3) is 0 Å². The summed E-state index contributed by atoms with van der Waals surface area (Å²) in [5.41, 5.74) is 8.93. The van der Waals surface area contributed by atoms with Crippen LogP contribution in [-0.2, 0) is 0 Å². The van der Waals surface area contributed by atoms with Crippen molar-refractivity contribution in [1.82, 2.24) is 9.88 Å². The van der Waals surface area contributed by atoms with Gasteiger partial charge in [-0.1, -0.05) is 12.5 Å². The van der Waals surface area contributed by atoms with Crippen molar-refractivity contribution >= 4 is 0 Å². The molecule has 0 radical (unpaired) electrons. The molecule has 1 aliphatic heterocycles. The summed E-state index contributed by atoms with van der Waals surface area (Å²) in [6.07, 6.45) is 5.57. The van der Waals surface area contributed by atoms with Crippen molar-refractivity contribution in [1.29, 1.82) is 0 Å². The maximum atomic E-state index is 6.47. The first kappa shape index (κ1) is 14.5. The fourth-order valence-corrected chi connectivity index (χ4v) is 3.02. The van der Waals surface area contributed by atoms with E-state index >= 15 is 0 Å². The van der Waals surface area contributed by atoms with Crippen LogP contribution in [-0.4, -0.2) is 28.0 Å². The van der Waals surface area contributed by atoms with Crippen LogP contribution in [0.1, 0.15) is 57.3 Å². The van der Waals surface area contributed by atoms with Gasteiger partial charge in [0.05, 0.1) is 6.04 Å². The summed E-state index contributed by atoms with van der Waals surface area (Å²) in [4.78, 5) is 7.01. The molecule has 2 unspecified atom stereocenters. The molecule has 2 rings (SSSR count). The number of hydrogen-bond donors (Lipinski definition) is 1. The molecule has 3 nitrogen and oxygen atoms in total. The summed E-state index contributed by atoms with van der Waals surface area (Å²) in [6.45, 7) is 9.98. The minimum Gasteiger partial charge on any atom is -0.326 e. The number of hydrogen-bond acceptors (Lipinski definition) is 3. The Bertz CT molecular complexity index is 405. The summed E-state index contributed by atoms with van der Waals surface area (Å²) in [6, 6.07) is 4.77. The van der Waals surface area contributed by atoms with Crippen LogP contribution in [0.2, 0.25) is 0 Å². The van der Waals surface area contributed by atoms with E-state index in [9.17, 15) is 0 Å². The van der Waals surface area contributed by atoms with E-state index in [0.29, 0.717) is 0 Å². The fraction of sp³-hybridized carbons (Fsp3) is 0.688. The molecular weight excluding hydrogens is 234 g/mol. The van der Waals surface area contributed by atoms with E-state index in [2.05, 4.69) is 42.8 Å². The molecular formula is C16H27N3. The molecule has 0 amide bonds. The van der Waals surface area contributed by atoms with Gasteiger partial charge in [0.25, 0.3) is 0 Å². The zero-order valence-electron chi connectivity index (χ0n) is 12.7. The third-order valence-electron chi connectivity index (χ3n) is 4.07. The van der Waals surface area contributed by atoms with Gasteiger partial charge >= 0.3 is 0 Å².